The van der Waals surface area contributed by atoms with Crippen molar-refractivity contribution in [3.63, 3.8) is 0 Å². The van der Waals surface area contributed by atoms with Crippen LogP contribution in [-0.2, 0) is 4.84 Å². The second-order valence-electron chi connectivity index (χ2n) is 4.09. The predicted octanol–water partition coefficient (Wildman–Crippen LogP) is 2.94. The molecule has 21 heavy (non-hydrogen) atoms. The van der Waals surface area contributed by atoms with Gasteiger partial charge in [0.15, 0.2) is 5.84 Å². The minimum Gasteiger partial charge on any atom is -0.497 e. The Bertz CT molecular complexity index is 669. The summed E-state index contributed by atoms with van der Waals surface area (Å²) in [7, 11) is 1.58. The highest BCUT2D eigenvalue weighted by Gasteiger charge is 2.08. The summed E-state index contributed by atoms with van der Waals surface area (Å²) in [6, 6.07) is 13.8. The number of benzene rings is 2. The molecule has 6 heteroatoms. The molecule has 2 aromatic carbocycles. The molecule has 0 bridgehead atoms. The molecule has 0 heterocycles. The molecule has 0 aliphatic carbocycles. The number of carbonyl (C=O) groups is 1. The van der Waals surface area contributed by atoms with E-state index in [1.54, 1.807) is 49.6 Å². The van der Waals surface area contributed by atoms with Crippen LogP contribution in [0.4, 0.5) is 0 Å². The average molecular weight is 349 g/mol. The van der Waals surface area contributed by atoms with Gasteiger partial charge in [0, 0.05) is 10.0 Å². The summed E-state index contributed by atoms with van der Waals surface area (Å²) < 4.78 is 5.83. The summed E-state index contributed by atoms with van der Waals surface area (Å²) in [6.45, 7) is 0. The Morgan fingerprint density at radius 3 is 2.48 bits per heavy atom. The van der Waals surface area contributed by atoms with Crippen LogP contribution in [0.2, 0.25) is 0 Å². The summed E-state index contributed by atoms with van der Waals surface area (Å²) in [5.41, 5.74) is 6.79. The number of amidine groups is 1. The summed E-state index contributed by atoms with van der Waals surface area (Å²) in [5, 5.41) is 3.64. The number of nitrogens with two attached hydrogens (primary N) is 1. The third-order valence-electron chi connectivity index (χ3n) is 2.67. The van der Waals surface area contributed by atoms with E-state index in [-0.39, 0.29) is 5.84 Å². The van der Waals surface area contributed by atoms with Crippen LogP contribution in [-0.4, -0.2) is 18.9 Å². The standard InChI is InChI=1S/C15H13BrN2O3/c1-20-13-7-5-10(6-8-13)14(17)18-21-15(19)11-3-2-4-12(16)9-11/h2-9H,1H3,(H2,17,18). The number of oxime groups is 1. The highest BCUT2D eigenvalue weighted by molar-refractivity contribution is 9.10. The van der Waals surface area contributed by atoms with Crippen molar-refractivity contribution in [2.24, 2.45) is 10.9 Å². The van der Waals surface area contributed by atoms with Gasteiger partial charge in [-0.25, -0.2) is 4.79 Å². The van der Waals surface area contributed by atoms with E-state index in [1.807, 2.05) is 6.07 Å². The Labute approximate surface area is 130 Å². The molecule has 2 N–H and O–H groups in total. The first-order chi connectivity index (χ1) is 10.1. The Morgan fingerprint density at radius 1 is 1.14 bits per heavy atom. The number of methoxy groups -OCH3 is 1. The van der Waals surface area contributed by atoms with Crippen molar-refractivity contribution in [3.05, 3.63) is 64.1 Å². The first-order valence-electron chi connectivity index (χ1n) is 6.05. The normalized spacial score (nSPS) is 11.0. The van der Waals surface area contributed by atoms with Crippen LogP contribution in [0.25, 0.3) is 0 Å². The van der Waals surface area contributed by atoms with Gasteiger partial charge in [0.2, 0.25) is 0 Å². The van der Waals surface area contributed by atoms with Gasteiger partial charge in [-0.05, 0) is 42.5 Å². The van der Waals surface area contributed by atoms with Crippen molar-refractivity contribution in [1.29, 1.82) is 0 Å². The fourth-order valence-corrected chi connectivity index (χ4v) is 1.97. The molecular formula is C15H13BrN2O3. The quantitative estimate of drug-likeness (QED) is 0.399. The highest BCUT2D eigenvalue weighted by Crippen LogP contribution is 2.13. The zero-order valence-corrected chi connectivity index (χ0v) is 12.8. The van der Waals surface area contributed by atoms with Crippen molar-refractivity contribution in [2.75, 3.05) is 7.11 Å². The molecule has 0 aromatic heterocycles. The molecule has 5 nitrogen and oxygen atoms in total. The Morgan fingerprint density at radius 2 is 1.86 bits per heavy atom. The monoisotopic (exact) mass is 348 g/mol. The summed E-state index contributed by atoms with van der Waals surface area (Å²) in [4.78, 5) is 16.6. The number of nitrogens with zero attached hydrogens (tertiary/aromatic N) is 1. The zero-order chi connectivity index (χ0) is 15.2. The van der Waals surface area contributed by atoms with E-state index in [1.165, 1.54) is 0 Å². The number of rotatable bonds is 4. The number of ether oxygens (including phenoxy) is 1. The first kappa shape index (κ1) is 15.1. The van der Waals surface area contributed by atoms with Crippen LogP contribution in [0, 0.1) is 0 Å². The van der Waals surface area contributed by atoms with Crippen LogP contribution in [0.1, 0.15) is 15.9 Å². The van der Waals surface area contributed by atoms with Gasteiger partial charge in [0.05, 0.1) is 12.7 Å². The van der Waals surface area contributed by atoms with Gasteiger partial charge < -0.3 is 15.3 Å². The Kier molecular flexibility index (Phi) is 4.94. The molecule has 0 aliphatic rings. The maximum absolute atomic E-state index is 11.8. The van der Waals surface area contributed by atoms with Crippen LogP contribution in [0.15, 0.2) is 58.2 Å². The molecule has 0 aliphatic heterocycles. The Balaban J connectivity index is 2.07. The van der Waals surface area contributed by atoms with Crippen molar-refractivity contribution in [1.82, 2.24) is 0 Å². The van der Waals surface area contributed by atoms with Gasteiger partial charge in [-0.2, -0.15) is 0 Å². The van der Waals surface area contributed by atoms with Gasteiger partial charge in [-0.15, -0.1) is 0 Å². The molecule has 0 radical (unpaired) electrons. The van der Waals surface area contributed by atoms with Gasteiger partial charge in [-0.1, -0.05) is 27.2 Å². The molecule has 2 aromatic rings. The highest BCUT2D eigenvalue weighted by atomic mass is 79.9. The van der Waals surface area contributed by atoms with E-state index in [9.17, 15) is 4.79 Å². The second kappa shape index (κ2) is 6.90. The van der Waals surface area contributed by atoms with Gasteiger partial charge >= 0.3 is 5.97 Å². The third-order valence-corrected chi connectivity index (χ3v) is 3.17. The molecular weight excluding hydrogens is 336 g/mol. The molecule has 0 fully saturated rings. The van der Waals surface area contributed by atoms with E-state index < -0.39 is 5.97 Å². The lowest BCUT2D eigenvalue weighted by Crippen LogP contribution is -2.15. The minimum atomic E-state index is -0.576. The van der Waals surface area contributed by atoms with Gasteiger partial charge in [0.25, 0.3) is 0 Å². The van der Waals surface area contributed by atoms with Crippen molar-refractivity contribution < 1.29 is 14.4 Å². The number of hydrogen-bond acceptors (Lipinski definition) is 4. The fourth-order valence-electron chi connectivity index (χ4n) is 1.57. The maximum Gasteiger partial charge on any atom is 0.365 e. The zero-order valence-electron chi connectivity index (χ0n) is 11.2. The van der Waals surface area contributed by atoms with Crippen molar-refractivity contribution in [3.8, 4) is 5.75 Å². The van der Waals surface area contributed by atoms with E-state index in [0.717, 1.165) is 4.47 Å². The topological polar surface area (TPSA) is 73.9 Å². The van der Waals surface area contributed by atoms with E-state index in [4.69, 9.17) is 15.3 Å². The number of hydrogen-bond donors (Lipinski definition) is 1. The van der Waals surface area contributed by atoms with Crippen LogP contribution in [0.5, 0.6) is 5.75 Å². The molecule has 108 valence electrons. The molecule has 0 spiro atoms. The smallest absolute Gasteiger partial charge is 0.365 e. The SMILES string of the molecule is COc1ccc(C(N)=NOC(=O)c2cccc(Br)c2)cc1. The summed E-state index contributed by atoms with van der Waals surface area (Å²) >= 11 is 3.28. The summed E-state index contributed by atoms with van der Waals surface area (Å²) in [5.74, 6) is 0.242. The number of halogens is 1. The van der Waals surface area contributed by atoms with Gasteiger partial charge in [-0.3, -0.25) is 0 Å². The lowest BCUT2D eigenvalue weighted by atomic mass is 10.2. The molecule has 0 saturated carbocycles. The van der Waals surface area contributed by atoms with Crippen LogP contribution >= 0.6 is 15.9 Å². The van der Waals surface area contributed by atoms with E-state index in [2.05, 4.69) is 21.1 Å². The van der Waals surface area contributed by atoms with E-state index >= 15 is 0 Å². The van der Waals surface area contributed by atoms with Crippen molar-refractivity contribution in [2.45, 2.75) is 0 Å². The lowest BCUT2D eigenvalue weighted by molar-refractivity contribution is 0.0516. The van der Waals surface area contributed by atoms with Gasteiger partial charge in [0.1, 0.15) is 5.75 Å². The average Bonchev–Trinajstić information content (AvgIpc) is 2.52. The summed E-state index contributed by atoms with van der Waals surface area (Å²) in [6.07, 6.45) is 0. The Hall–Kier alpha value is -2.34. The number of carbonyl (C=O) groups excluding carboxylic acids is 1. The fraction of sp³-hybridized carbons (Fsp3) is 0.0667. The molecule has 0 amide bonds. The first-order valence-corrected chi connectivity index (χ1v) is 6.84. The molecule has 0 atom stereocenters. The minimum absolute atomic E-state index is 0.112. The maximum atomic E-state index is 11.8. The predicted molar refractivity (Wildman–Crippen MR) is 83.3 cm³/mol. The van der Waals surface area contributed by atoms with Crippen LogP contribution in [0.3, 0.4) is 0 Å². The lowest BCUT2D eigenvalue weighted by Gasteiger charge is -2.03. The molecule has 2 rings (SSSR count). The molecule has 0 saturated heterocycles. The molecule has 0 unspecified atom stereocenters. The second-order valence-corrected chi connectivity index (χ2v) is 5.01. The van der Waals surface area contributed by atoms with Crippen LogP contribution < -0.4 is 10.5 Å². The van der Waals surface area contributed by atoms with E-state index in [0.29, 0.717) is 16.9 Å². The van der Waals surface area contributed by atoms with Crippen molar-refractivity contribution >= 4 is 27.7 Å². The third kappa shape index (κ3) is 4.06. The largest absolute Gasteiger partial charge is 0.497 e.